The maximum Gasteiger partial charge on any atom is 0.262 e. The van der Waals surface area contributed by atoms with Crippen LogP contribution in [0.15, 0.2) is 34.8 Å². The van der Waals surface area contributed by atoms with Crippen molar-refractivity contribution in [3.05, 3.63) is 51.5 Å². The monoisotopic (exact) mass is 377 g/mol. The van der Waals surface area contributed by atoms with Crippen LogP contribution in [0, 0.1) is 20.8 Å². The van der Waals surface area contributed by atoms with Gasteiger partial charge in [0.1, 0.15) is 11.5 Å². The molecule has 0 aromatic heterocycles. The number of hydrogen-bond donors (Lipinski definition) is 1. The Kier molecular flexibility index (Phi) is 5.66. The topological polar surface area (TPSA) is 47.6 Å². The van der Waals surface area contributed by atoms with E-state index in [1.54, 1.807) is 7.11 Å². The van der Waals surface area contributed by atoms with E-state index in [1.165, 1.54) is 0 Å². The highest BCUT2D eigenvalue weighted by Crippen LogP contribution is 2.28. The summed E-state index contributed by atoms with van der Waals surface area (Å²) in [7, 11) is 1.57. The fourth-order valence-electron chi connectivity index (χ4n) is 2.37. The molecule has 2 aromatic rings. The van der Waals surface area contributed by atoms with E-state index in [-0.39, 0.29) is 12.5 Å². The van der Waals surface area contributed by atoms with Gasteiger partial charge in [0.2, 0.25) is 0 Å². The average molecular weight is 378 g/mol. The molecule has 2 aromatic carbocycles. The van der Waals surface area contributed by atoms with Gasteiger partial charge >= 0.3 is 0 Å². The third kappa shape index (κ3) is 4.48. The number of carbonyl (C=O) groups is 1. The van der Waals surface area contributed by atoms with Gasteiger partial charge in [0.25, 0.3) is 5.91 Å². The fraction of sp³-hybridized carbons (Fsp3) is 0.278. The Hall–Kier alpha value is -2.01. The first-order valence-corrected chi connectivity index (χ1v) is 8.04. The maximum absolute atomic E-state index is 12.2. The predicted octanol–water partition coefficient (Wildman–Crippen LogP) is 4.40. The zero-order valence-electron chi connectivity index (χ0n) is 13.7. The highest BCUT2D eigenvalue weighted by atomic mass is 79.9. The maximum atomic E-state index is 12.2. The number of hydrogen-bond acceptors (Lipinski definition) is 3. The summed E-state index contributed by atoms with van der Waals surface area (Å²) in [6, 6.07) is 9.55. The Morgan fingerprint density at radius 2 is 1.78 bits per heavy atom. The van der Waals surface area contributed by atoms with E-state index in [2.05, 4.69) is 21.2 Å². The first-order valence-electron chi connectivity index (χ1n) is 7.24. The van der Waals surface area contributed by atoms with Gasteiger partial charge in [-0.3, -0.25) is 4.79 Å². The van der Waals surface area contributed by atoms with E-state index in [0.717, 1.165) is 26.9 Å². The van der Waals surface area contributed by atoms with Gasteiger partial charge in [-0.1, -0.05) is 22.0 Å². The Labute approximate surface area is 144 Å². The molecule has 1 N–H and O–H groups in total. The van der Waals surface area contributed by atoms with Crippen LogP contribution in [0.5, 0.6) is 11.5 Å². The quantitative estimate of drug-likeness (QED) is 0.839. The van der Waals surface area contributed by atoms with Crippen molar-refractivity contribution < 1.29 is 14.3 Å². The third-order valence-corrected chi connectivity index (χ3v) is 3.86. The second kappa shape index (κ2) is 7.51. The lowest BCUT2D eigenvalue weighted by molar-refractivity contribution is -0.118. The van der Waals surface area contributed by atoms with E-state index in [9.17, 15) is 4.79 Å². The fourth-order valence-corrected chi connectivity index (χ4v) is 3.06. The molecule has 0 spiro atoms. The standard InChI is InChI=1S/C18H20BrNO3/c1-11-5-6-16(22-4)15(7-11)20-17(21)10-23-18-12(2)8-14(19)9-13(18)3/h5-9H,10H2,1-4H3,(H,20,21). The Bertz CT molecular complexity index is 705. The van der Waals surface area contributed by atoms with Crippen LogP contribution in [0.3, 0.4) is 0 Å². The molecule has 0 aliphatic rings. The number of aryl methyl sites for hydroxylation is 3. The lowest BCUT2D eigenvalue weighted by atomic mass is 10.1. The molecule has 0 saturated carbocycles. The summed E-state index contributed by atoms with van der Waals surface area (Å²) < 4.78 is 11.9. The number of carbonyl (C=O) groups excluding carboxylic acids is 1. The van der Waals surface area contributed by atoms with Gasteiger partial charge in [0.15, 0.2) is 6.61 Å². The molecule has 0 radical (unpaired) electrons. The van der Waals surface area contributed by atoms with Gasteiger partial charge in [0.05, 0.1) is 12.8 Å². The summed E-state index contributed by atoms with van der Waals surface area (Å²) in [4.78, 5) is 12.2. The van der Waals surface area contributed by atoms with Crippen molar-refractivity contribution in [3.63, 3.8) is 0 Å². The van der Waals surface area contributed by atoms with Crippen molar-refractivity contribution in [2.75, 3.05) is 19.0 Å². The number of ether oxygens (including phenoxy) is 2. The number of halogens is 1. The summed E-state index contributed by atoms with van der Waals surface area (Å²) in [6.07, 6.45) is 0. The molecule has 0 saturated heterocycles. The van der Waals surface area contributed by atoms with Crippen molar-refractivity contribution in [1.82, 2.24) is 0 Å². The van der Waals surface area contributed by atoms with E-state index < -0.39 is 0 Å². The van der Waals surface area contributed by atoms with Gasteiger partial charge < -0.3 is 14.8 Å². The Balaban J connectivity index is 2.05. The lowest BCUT2D eigenvalue weighted by Gasteiger charge is -2.14. The highest BCUT2D eigenvalue weighted by Gasteiger charge is 2.11. The number of benzene rings is 2. The minimum atomic E-state index is -0.226. The SMILES string of the molecule is COc1ccc(C)cc1NC(=O)COc1c(C)cc(Br)cc1C. The Morgan fingerprint density at radius 3 is 2.39 bits per heavy atom. The number of methoxy groups -OCH3 is 1. The van der Waals surface area contributed by atoms with Crippen molar-refractivity contribution in [2.24, 2.45) is 0 Å². The molecule has 0 atom stereocenters. The second-order valence-corrected chi connectivity index (χ2v) is 6.32. The average Bonchev–Trinajstić information content (AvgIpc) is 2.46. The summed E-state index contributed by atoms with van der Waals surface area (Å²) in [5.74, 6) is 1.13. The minimum absolute atomic E-state index is 0.0552. The van der Waals surface area contributed by atoms with Gasteiger partial charge in [0, 0.05) is 4.47 Å². The normalized spacial score (nSPS) is 10.3. The molecule has 0 aliphatic heterocycles. The van der Waals surface area contributed by atoms with Gasteiger partial charge in [-0.25, -0.2) is 0 Å². The molecule has 5 heteroatoms. The van der Waals surface area contributed by atoms with Crippen LogP contribution in [0.2, 0.25) is 0 Å². The van der Waals surface area contributed by atoms with Crippen molar-refractivity contribution in [2.45, 2.75) is 20.8 Å². The molecule has 0 unspecified atom stereocenters. The second-order valence-electron chi connectivity index (χ2n) is 5.41. The van der Waals surface area contributed by atoms with Crippen LogP contribution < -0.4 is 14.8 Å². The van der Waals surface area contributed by atoms with Crippen LogP contribution in [0.4, 0.5) is 5.69 Å². The predicted molar refractivity (Wildman–Crippen MR) is 95.5 cm³/mol. The van der Waals surface area contributed by atoms with Crippen molar-refractivity contribution >= 4 is 27.5 Å². The molecular weight excluding hydrogens is 358 g/mol. The first kappa shape index (κ1) is 17.3. The number of amides is 1. The number of nitrogens with one attached hydrogen (secondary N) is 1. The smallest absolute Gasteiger partial charge is 0.262 e. The van der Waals surface area contributed by atoms with Crippen LogP contribution in [-0.4, -0.2) is 19.6 Å². The largest absolute Gasteiger partial charge is 0.495 e. The van der Waals surface area contributed by atoms with E-state index in [4.69, 9.17) is 9.47 Å². The minimum Gasteiger partial charge on any atom is -0.495 e. The molecule has 23 heavy (non-hydrogen) atoms. The highest BCUT2D eigenvalue weighted by molar-refractivity contribution is 9.10. The zero-order valence-corrected chi connectivity index (χ0v) is 15.3. The summed E-state index contributed by atoms with van der Waals surface area (Å²) >= 11 is 3.45. The summed E-state index contributed by atoms with van der Waals surface area (Å²) in [5.41, 5.74) is 3.66. The number of rotatable bonds is 5. The van der Waals surface area contributed by atoms with Gasteiger partial charge in [-0.15, -0.1) is 0 Å². The molecule has 0 heterocycles. The summed E-state index contributed by atoms with van der Waals surface area (Å²) in [5, 5.41) is 2.82. The van der Waals surface area contributed by atoms with Gasteiger partial charge in [-0.05, 0) is 61.7 Å². The molecule has 2 rings (SSSR count). The van der Waals surface area contributed by atoms with Crippen LogP contribution >= 0.6 is 15.9 Å². The summed E-state index contributed by atoms with van der Waals surface area (Å²) in [6.45, 7) is 5.81. The van der Waals surface area contributed by atoms with Crippen molar-refractivity contribution in [3.8, 4) is 11.5 Å². The Morgan fingerprint density at radius 1 is 1.13 bits per heavy atom. The lowest BCUT2D eigenvalue weighted by Crippen LogP contribution is -2.21. The van der Waals surface area contributed by atoms with Crippen LogP contribution in [0.25, 0.3) is 0 Å². The van der Waals surface area contributed by atoms with E-state index in [1.807, 2.05) is 51.1 Å². The van der Waals surface area contributed by atoms with Crippen molar-refractivity contribution in [1.29, 1.82) is 0 Å². The van der Waals surface area contributed by atoms with E-state index in [0.29, 0.717) is 11.4 Å². The van der Waals surface area contributed by atoms with Gasteiger partial charge in [-0.2, -0.15) is 0 Å². The zero-order chi connectivity index (χ0) is 17.0. The number of anilines is 1. The third-order valence-electron chi connectivity index (χ3n) is 3.40. The molecule has 1 amide bonds. The molecule has 4 nitrogen and oxygen atoms in total. The molecule has 0 bridgehead atoms. The molecular formula is C18H20BrNO3. The first-order chi connectivity index (χ1) is 10.9. The van der Waals surface area contributed by atoms with E-state index >= 15 is 0 Å². The molecule has 0 aliphatic carbocycles. The van der Waals surface area contributed by atoms with Crippen LogP contribution in [-0.2, 0) is 4.79 Å². The molecule has 0 fully saturated rings. The van der Waals surface area contributed by atoms with Crippen LogP contribution in [0.1, 0.15) is 16.7 Å². The molecule has 122 valence electrons.